The monoisotopic (exact) mass is 740 g/mol. The molecule has 0 atom stereocenters. The zero-order chi connectivity index (χ0) is 40.6. The van der Waals surface area contributed by atoms with Crippen molar-refractivity contribution in [3.05, 3.63) is 104 Å². The topological polar surface area (TPSA) is 230 Å². The molecule has 280 valence electrons. The predicted octanol–water partition coefficient (Wildman–Crippen LogP) is 5.20. The number of carbonyl (C=O) groups excluding carboxylic acids is 6. The molecule has 0 saturated heterocycles. The Morgan fingerprint density at radius 1 is 0.611 bits per heavy atom. The number of aromatic amines is 2. The SMILES string of the molecule is Cc1[nH]c(C(=O)C(=O)NC(C)C)c(C)c1C(=O)Nc1ccc(F)c(C#N)c1.Cc1[nH]c(C(=O)C(=O)NC(C)C)c(C)c1C(=O)Nc1ccc(F)c(C#N)c1. The molecule has 0 aliphatic carbocycles. The molecule has 4 rings (SSSR count). The first-order valence-corrected chi connectivity index (χ1v) is 16.4. The van der Waals surface area contributed by atoms with E-state index in [1.54, 1.807) is 67.5 Å². The van der Waals surface area contributed by atoms with Gasteiger partial charge in [0.15, 0.2) is 0 Å². The summed E-state index contributed by atoms with van der Waals surface area (Å²) in [6.45, 7) is 13.2. The van der Waals surface area contributed by atoms with Crippen LogP contribution in [0, 0.1) is 62.0 Å². The number of aryl methyl sites for hydroxylation is 2. The standard InChI is InChI=1S/2C19H19FN4O3/c2*1-9(2)22-19(27)17(25)16-10(3)15(11(4)23-16)18(26)24-13-5-6-14(20)12(7-13)8-21/h2*5-7,9,23H,1-4H3,(H,22,27)(H,24,26). The molecule has 2 aromatic carbocycles. The van der Waals surface area contributed by atoms with E-state index in [0.29, 0.717) is 22.5 Å². The molecule has 0 fully saturated rings. The third-order valence-electron chi connectivity index (χ3n) is 7.72. The van der Waals surface area contributed by atoms with Crippen molar-refractivity contribution >= 4 is 46.6 Å². The van der Waals surface area contributed by atoms with Crippen molar-refractivity contribution in [2.75, 3.05) is 10.6 Å². The molecule has 14 nitrogen and oxygen atoms in total. The van der Waals surface area contributed by atoms with Gasteiger partial charge in [-0.25, -0.2) is 8.78 Å². The summed E-state index contributed by atoms with van der Waals surface area (Å²) in [6.07, 6.45) is 0. The lowest BCUT2D eigenvalue weighted by atomic mass is 10.1. The number of carbonyl (C=O) groups is 6. The number of rotatable bonds is 10. The first-order valence-electron chi connectivity index (χ1n) is 16.4. The fourth-order valence-corrected chi connectivity index (χ4v) is 5.28. The highest BCUT2D eigenvalue weighted by molar-refractivity contribution is 6.43. The van der Waals surface area contributed by atoms with Crippen molar-refractivity contribution in [1.29, 1.82) is 10.5 Å². The fourth-order valence-electron chi connectivity index (χ4n) is 5.28. The Bertz CT molecular complexity index is 2100. The zero-order valence-corrected chi connectivity index (χ0v) is 30.7. The quantitative estimate of drug-likeness (QED) is 0.0932. The van der Waals surface area contributed by atoms with Crippen molar-refractivity contribution in [2.24, 2.45) is 0 Å². The first kappa shape index (κ1) is 41.5. The maximum atomic E-state index is 13.4. The molecule has 16 heteroatoms. The first-order chi connectivity index (χ1) is 25.3. The van der Waals surface area contributed by atoms with Crippen molar-refractivity contribution < 1.29 is 37.5 Å². The number of amides is 4. The van der Waals surface area contributed by atoms with E-state index in [4.69, 9.17) is 10.5 Å². The summed E-state index contributed by atoms with van der Waals surface area (Å²) in [4.78, 5) is 79.3. The van der Waals surface area contributed by atoms with E-state index in [2.05, 4.69) is 31.2 Å². The van der Waals surface area contributed by atoms with Crippen molar-refractivity contribution in [3.63, 3.8) is 0 Å². The van der Waals surface area contributed by atoms with Gasteiger partial charge in [-0.2, -0.15) is 10.5 Å². The van der Waals surface area contributed by atoms with Gasteiger partial charge in [0.1, 0.15) is 23.8 Å². The number of benzene rings is 2. The number of anilines is 2. The van der Waals surface area contributed by atoms with Gasteiger partial charge in [-0.15, -0.1) is 0 Å². The Balaban J connectivity index is 0.000000290. The summed E-state index contributed by atoms with van der Waals surface area (Å²) in [5.74, 6) is -5.52. The molecule has 2 aromatic heterocycles. The Hall–Kier alpha value is -6.94. The minimum atomic E-state index is -0.767. The van der Waals surface area contributed by atoms with Crippen LogP contribution in [-0.4, -0.2) is 57.2 Å². The van der Waals surface area contributed by atoms with E-state index in [9.17, 15) is 37.5 Å². The summed E-state index contributed by atoms with van der Waals surface area (Å²) < 4.78 is 26.8. The number of nitrogens with zero attached hydrogens (tertiary/aromatic N) is 2. The number of H-pyrrole nitrogens is 2. The number of hydrogen-bond acceptors (Lipinski definition) is 8. The van der Waals surface area contributed by atoms with Gasteiger partial charge in [0.2, 0.25) is 0 Å². The Labute approximate surface area is 309 Å². The number of halogens is 2. The van der Waals surface area contributed by atoms with Gasteiger partial charge in [-0.1, -0.05) is 0 Å². The molecule has 0 bridgehead atoms. The normalized spacial score (nSPS) is 10.4. The molecule has 6 N–H and O–H groups in total. The summed E-state index contributed by atoms with van der Waals surface area (Å²) >= 11 is 0. The minimum absolute atomic E-state index is 0.0348. The number of nitrogens with one attached hydrogen (secondary N) is 6. The molecule has 4 amide bonds. The van der Waals surface area contributed by atoms with Crippen LogP contribution in [-0.2, 0) is 9.59 Å². The third kappa shape index (κ3) is 9.68. The van der Waals surface area contributed by atoms with Crippen LogP contribution in [0.5, 0.6) is 0 Å². The van der Waals surface area contributed by atoms with E-state index >= 15 is 0 Å². The summed E-state index contributed by atoms with van der Waals surface area (Å²) in [7, 11) is 0. The van der Waals surface area contributed by atoms with E-state index in [1.807, 2.05) is 0 Å². The summed E-state index contributed by atoms with van der Waals surface area (Å²) in [6, 6.07) is 10.2. The number of Topliss-reactive ketones (excluding diaryl/α,β-unsaturated/α-hetero) is 2. The molecule has 2 heterocycles. The lowest BCUT2D eigenvalue weighted by Crippen LogP contribution is -2.36. The van der Waals surface area contributed by atoms with Gasteiger partial charge in [0.05, 0.1) is 33.6 Å². The lowest BCUT2D eigenvalue weighted by Gasteiger charge is -2.08. The molecular formula is C38H38F2N8O6. The van der Waals surface area contributed by atoms with Crippen LogP contribution in [0.3, 0.4) is 0 Å². The molecule has 0 radical (unpaired) electrons. The van der Waals surface area contributed by atoms with Gasteiger partial charge < -0.3 is 31.2 Å². The van der Waals surface area contributed by atoms with Crippen LogP contribution in [0.4, 0.5) is 20.2 Å². The van der Waals surface area contributed by atoms with E-state index in [1.165, 1.54) is 24.3 Å². The largest absolute Gasteiger partial charge is 0.355 e. The highest BCUT2D eigenvalue weighted by Crippen LogP contribution is 2.23. The second-order valence-corrected chi connectivity index (χ2v) is 12.7. The van der Waals surface area contributed by atoms with E-state index < -0.39 is 46.8 Å². The van der Waals surface area contributed by atoms with Crippen LogP contribution in [0.25, 0.3) is 0 Å². The van der Waals surface area contributed by atoms with E-state index in [-0.39, 0.29) is 57.1 Å². The Kier molecular flexibility index (Phi) is 13.5. The predicted molar refractivity (Wildman–Crippen MR) is 194 cm³/mol. The Morgan fingerprint density at radius 3 is 1.24 bits per heavy atom. The Morgan fingerprint density at radius 2 is 0.944 bits per heavy atom. The van der Waals surface area contributed by atoms with Crippen LogP contribution < -0.4 is 21.3 Å². The molecule has 0 unspecified atom stereocenters. The highest BCUT2D eigenvalue weighted by Gasteiger charge is 2.28. The van der Waals surface area contributed by atoms with Crippen LogP contribution >= 0.6 is 0 Å². The molecule has 54 heavy (non-hydrogen) atoms. The van der Waals surface area contributed by atoms with Crippen molar-refractivity contribution in [3.8, 4) is 12.1 Å². The van der Waals surface area contributed by atoms with Crippen LogP contribution in [0.2, 0.25) is 0 Å². The maximum absolute atomic E-state index is 13.4. The minimum Gasteiger partial charge on any atom is -0.355 e. The number of aromatic nitrogens is 2. The summed E-state index contributed by atoms with van der Waals surface area (Å²) in [5.41, 5.74) is 2.05. The van der Waals surface area contributed by atoms with Gasteiger partial charge in [0.25, 0.3) is 35.2 Å². The van der Waals surface area contributed by atoms with Gasteiger partial charge in [-0.3, -0.25) is 28.8 Å². The molecule has 0 aliphatic heterocycles. The summed E-state index contributed by atoms with van der Waals surface area (Å²) in [5, 5.41) is 27.9. The molecule has 0 aliphatic rings. The fraction of sp³-hybridized carbons (Fsp3) is 0.263. The molecule has 4 aromatic rings. The maximum Gasteiger partial charge on any atom is 0.294 e. The van der Waals surface area contributed by atoms with Crippen LogP contribution in [0.1, 0.15) is 103 Å². The van der Waals surface area contributed by atoms with E-state index in [0.717, 1.165) is 12.1 Å². The van der Waals surface area contributed by atoms with Crippen molar-refractivity contribution in [2.45, 2.75) is 67.5 Å². The second-order valence-electron chi connectivity index (χ2n) is 12.7. The van der Waals surface area contributed by atoms with Gasteiger partial charge >= 0.3 is 0 Å². The van der Waals surface area contributed by atoms with Crippen LogP contribution in [0.15, 0.2) is 36.4 Å². The average molecular weight is 741 g/mol. The molecule has 0 spiro atoms. The highest BCUT2D eigenvalue weighted by atomic mass is 19.1. The number of hydrogen-bond donors (Lipinski definition) is 6. The average Bonchev–Trinajstić information content (AvgIpc) is 3.57. The second kappa shape index (κ2) is 17.5. The lowest BCUT2D eigenvalue weighted by molar-refractivity contribution is -0.118. The number of nitriles is 2. The zero-order valence-electron chi connectivity index (χ0n) is 30.7. The smallest absolute Gasteiger partial charge is 0.294 e. The number of ketones is 2. The molecule has 0 saturated carbocycles. The van der Waals surface area contributed by atoms with Gasteiger partial charge in [0, 0.05) is 34.8 Å². The molecular weight excluding hydrogens is 702 g/mol. The van der Waals surface area contributed by atoms with Crippen molar-refractivity contribution in [1.82, 2.24) is 20.6 Å². The van der Waals surface area contributed by atoms with Gasteiger partial charge in [-0.05, 0) is 103 Å². The third-order valence-corrected chi connectivity index (χ3v) is 7.72.